The molecule has 0 heterocycles. The van der Waals surface area contributed by atoms with Gasteiger partial charge in [0.1, 0.15) is 12.2 Å². The minimum absolute atomic E-state index is 0.307. The monoisotopic (exact) mass is 346 g/mol. The maximum absolute atomic E-state index is 11.9. The van der Waals surface area contributed by atoms with Crippen molar-refractivity contribution in [2.24, 2.45) is 0 Å². The largest absolute Gasteiger partial charge is 0.460 e. The van der Waals surface area contributed by atoms with E-state index in [1.807, 2.05) is 27.7 Å². The first-order valence-corrected chi connectivity index (χ1v) is 9.18. The summed E-state index contributed by atoms with van der Waals surface area (Å²) < 4.78 is 10.4. The Kier molecular flexibility index (Phi) is 12.6. The number of esters is 2. The number of rotatable bonds is 13. The molecule has 0 aromatic carbocycles. The van der Waals surface area contributed by atoms with E-state index in [0.29, 0.717) is 25.7 Å². The van der Waals surface area contributed by atoms with Gasteiger partial charge in [0, 0.05) is 0 Å². The Balaban J connectivity index is 4.61. The van der Waals surface area contributed by atoms with Gasteiger partial charge in [0.05, 0.1) is 0 Å². The van der Waals surface area contributed by atoms with Crippen molar-refractivity contribution in [3.8, 4) is 0 Å². The number of carbonyl (C=O) groups excluding carboxylic acids is 2. The Labute approximate surface area is 145 Å². The Morgan fingerprint density at radius 3 is 1.12 bits per heavy atom. The lowest BCUT2D eigenvalue weighted by Gasteiger charge is -2.23. The number of aliphatic hydroxyl groups is 2. The second-order valence-electron chi connectivity index (χ2n) is 6.16. The van der Waals surface area contributed by atoms with Crippen LogP contribution in [0.3, 0.4) is 0 Å². The first kappa shape index (κ1) is 22.9. The van der Waals surface area contributed by atoms with Gasteiger partial charge in [-0.1, -0.05) is 53.4 Å². The van der Waals surface area contributed by atoms with Crippen LogP contribution in [-0.2, 0) is 19.1 Å². The van der Waals surface area contributed by atoms with Crippen LogP contribution in [0.15, 0.2) is 0 Å². The summed E-state index contributed by atoms with van der Waals surface area (Å²) in [6.07, 6.45) is 1.64. The molecule has 0 aliphatic heterocycles. The number of carbonyl (C=O) groups is 2. The molecular formula is C18H34O6. The van der Waals surface area contributed by atoms with Crippen molar-refractivity contribution >= 4 is 11.9 Å². The fourth-order valence-corrected chi connectivity index (χ4v) is 2.54. The van der Waals surface area contributed by atoms with Crippen LogP contribution in [0, 0.1) is 0 Å². The number of aliphatic hydroxyl groups excluding tert-OH is 2. The van der Waals surface area contributed by atoms with Gasteiger partial charge in [-0.15, -0.1) is 0 Å². The van der Waals surface area contributed by atoms with Gasteiger partial charge in [-0.2, -0.15) is 0 Å². The van der Waals surface area contributed by atoms with E-state index in [-0.39, 0.29) is 12.2 Å². The normalized spacial score (nSPS) is 13.8. The molecule has 142 valence electrons. The lowest BCUT2D eigenvalue weighted by atomic mass is 10.1. The fourth-order valence-electron chi connectivity index (χ4n) is 2.54. The SMILES string of the molecule is CCCC(CCC)OC(=O)[C@H](O)[C@@H](O)C(=O)OC(CCC)CCC. The van der Waals surface area contributed by atoms with E-state index >= 15 is 0 Å². The van der Waals surface area contributed by atoms with Crippen LogP contribution in [0.4, 0.5) is 0 Å². The summed E-state index contributed by atoms with van der Waals surface area (Å²) in [7, 11) is 0. The zero-order valence-electron chi connectivity index (χ0n) is 15.5. The van der Waals surface area contributed by atoms with Gasteiger partial charge in [0.25, 0.3) is 0 Å². The summed E-state index contributed by atoms with van der Waals surface area (Å²) in [5.74, 6) is -1.96. The van der Waals surface area contributed by atoms with Gasteiger partial charge >= 0.3 is 11.9 Å². The number of ether oxygens (including phenoxy) is 2. The number of hydrogen-bond acceptors (Lipinski definition) is 6. The predicted octanol–water partition coefficient (Wildman–Crippen LogP) is 2.73. The molecule has 6 heteroatoms. The molecule has 0 unspecified atom stereocenters. The summed E-state index contributed by atoms with van der Waals surface area (Å²) in [4.78, 5) is 23.9. The van der Waals surface area contributed by atoms with Crippen molar-refractivity contribution < 1.29 is 29.3 Å². The van der Waals surface area contributed by atoms with Crippen molar-refractivity contribution in [3.63, 3.8) is 0 Å². The zero-order chi connectivity index (χ0) is 18.5. The van der Waals surface area contributed by atoms with Gasteiger partial charge in [0.2, 0.25) is 0 Å². The number of hydrogen-bond donors (Lipinski definition) is 2. The molecular weight excluding hydrogens is 312 g/mol. The molecule has 6 nitrogen and oxygen atoms in total. The highest BCUT2D eigenvalue weighted by Crippen LogP contribution is 2.14. The van der Waals surface area contributed by atoms with Gasteiger partial charge in [0.15, 0.2) is 12.2 Å². The topological polar surface area (TPSA) is 93.1 Å². The van der Waals surface area contributed by atoms with E-state index < -0.39 is 24.1 Å². The Bertz CT molecular complexity index is 311. The molecule has 2 atom stereocenters. The van der Waals surface area contributed by atoms with Crippen LogP contribution >= 0.6 is 0 Å². The van der Waals surface area contributed by atoms with Crippen molar-refractivity contribution in [2.75, 3.05) is 0 Å². The zero-order valence-corrected chi connectivity index (χ0v) is 15.5. The van der Waals surface area contributed by atoms with Crippen molar-refractivity contribution in [1.82, 2.24) is 0 Å². The second-order valence-corrected chi connectivity index (χ2v) is 6.16. The van der Waals surface area contributed by atoms with E-state index in [1.165, 1.54) is 0 Å². The molecule has 0 bridgehead atoms. The summed E-state index contributed by atoms with van der Waals surface area (Å²) in [6.45, 7) is 7.89. The summed E-state index contributed by atoms with van der Waals surface area (Å²) in [6, 6.07) is 0. The van der Waals surface area contributed by atoms with Crippen LogP contribution < -0.4 is 0 Å². The second kappa shape index (κ2) is 13.2. The fraction of sp³-hybridized carbons (Fsp3) is 0.889. The van der Waals surface area contributed by atoms with E-state index in [4.69, 9.17) is 9.47 Å². The molecule has 2 N–H and O–H groups in total. The third-order valence-electron chi connectivity index (χ3n) is 3.79. The molecule has 0 saturated carbocycles. The van der Waals surface area contributed by atoms with E-state index in [0.717, 1.165) is 25.7 Å². The third-order valence-corrected chi connectivity index (χ3v) is 3.79. The molecule has 0 fully saturated rings. The standard InChI is InChI=1S/C18H34O6/c1-5-9-13(10-6-2)23-17(21)15(19)16(20)18(22)24-14(11-7-3)12-8-4/h13-16,19-20H,5-12H2,1-4H3/t15-,16-/m1/s1. The summed E-state index contributed by atoms with van der Waals surface area (Å²) >= 11 is 0. The quantitative estimate of drug-likeness (QED) is 0.498. The first-order chi connectivity index (χ1) is 11.4. The minimum atomic E-state index is -1.92. The van der Waals surface area contributed by atoms with Crippen LogP contribution in [0.1, 0.15) is 79.1 Å². The maximum Gasteiger partial charge on any atom is 0.338 e. The molecule has 24 heavy (non-hydrogen) atoms. The molecule has 0 aliphatic rings. The van der Waals surface area contributed by atoms with Gasteiger partial charge in [-0.05, 0) is 25.7 Å². The van der Waals surface area contributed by atoms with Crippen LogP contribution in [-0.4, -0.2) is 46.6 Å². The van der Waals surface area contributed by atoms with Gasteiger partial charge in [-0.25, -0.2) is 9.59 Å². The Morgan fingerprint density at radius 2 is 0.917 bits per heavy atom. The highest BCUT2D eigenvalue weighted by atomic mass is 16.6. The molecule has 0 aliphatic carbocycles. The predicted molar refractivity (Wildman–Crippen MR) is 91.4 cm³/mol. The highest BCUT2D eigenvalue weighted by Gasteiger charge is 2.35. The van der Waals surface area contributed by atoms with Crippen LogP contribution in [0.25, 0.3) is 0 Å². The van der Waals surface area contributed by atoms with E-state index in [2.05, 4.69) is 0 Å². The van der Waals surface area contributed by atoms with Crippen LogP contribution in [0.5, 0.6) is 0 Å². The minimum Gasteiger partial charge on any atom is -0.460 e. The lowest BCUT2D eigenvalue weighted by molar-refractivity contribution is -0.179. The molecule has 0 amide bonds. The van der Waals surface area contributed by atoms with Crippen molar-refractivity contribution in [1.29, 1.82) is 0 Å². The molecule has 0 saturated heterocycles. The Hall–Kier alpha value is -1.14. The van der Waals surface area contributed by atoms with E-state index in [1.54, 1.807) is 0 Å². The summed E-state index contributed by atoms with van der Waals surface area (Å²) in [5, 5.41) is 19.8. The molecule has 0 spiro atoms. The van der Waals surface area contributed by atoms with Gasteiger partial charge in [-0.3, -0.25) is 0 Å². The maximum atomic E-state index is 11.9. The Morgan fingerprint density at radius 1 is 0.667 bits per heavy atom. The van der Waals surface area contributed by atoms with E-state index in [9.17, 15) is 19.8 Å². The average molecular weight is 346 g/mol. The third kappa shape index (κ3) is 8.64. The van der Waals surface area contributed by atoms with Crippen LogP contribution in [0.2, 0.25) is 0 Å². The molecule has 0 radical (unpaired) electrons. The summed E-state index contributed by atoms with van der Waals surface area (Å²) in [5.41, 5.74) is 0. The van der Waals surface area contributed by atoms with Crippen molar-refractivity contribution in [3.05, 3.63) is 0 Å². The molecule has 0 rings (SSSR count). The first-order valence-electron chi connectivity index (χ1n) is 9.18. The molecule has 0 aromatic heterocycles. The van der Waals surface area contributed by atoms with Gasteiger partial charge < -0.3 is 19.7 Å². The average Bonchev–Trinajstić information content (AvgIpc) is 2.54. The molecule has 0 aromatic rings. The lowest BCUT2D eigenvalue weighted by Crippen LogP contribution is -2.43. The smallest absolute Gasteiger partial charge is 0.338 e. The highest BCUT2D eigenvalue weighted by molar-refractivity contribution is 5.85. The van der Waals surface area contributed by atoms with Crippen molar-refractivity contribution in [2.45, 2.75) is 103 Å².